The molecule has 0 aliphatic carbocycles. The maximum atomic E-state index is 12.8. The Balaban J connectivity index is 4.29. The molecule has 5 heteroatoms. The Morgan fingerprint density at radius 3 is 1.71 bits per heavy atom. The summed E-state index contributed by atoms with van der Waals surface area (Å²) in [7, 11) is 0. The van der Waals surface area contributed by atoms with Crippen molar-refractivity contribution in [2.45, 2.75) is 168 Å². The lowest BCUT2D eigenvalue weighted by atomic mass is 9.99. The Labute approximate surface area is 217 Å². The average molecular weight is 497 g/mol. The molecule has 1 N–H and O–H groups in total. The smallest absolute Gasteiger partial charge is 0.323 e. The number of carboxylic acid groups (broad SMARTS) is 1. The number of ether oxygens (including phenoxy) is 1. The van der Waals surface area contributed by atoms with Crippen molar-refractivity contribution in [2.24, 2.45) is 5.92 Å². The zero-order valence-corrected chi connectivity index (χ0v) is 23.7. The van der Waals surface area contributed by atoms with Crippen molar-refractivity contribution >= 4 is 11.9 Å². The minimum atomic E-state index is -1.21. The molecule has 0 heterocycles. The average Bonchev–Trinajstić information content (AvgIpc) is 2.83. The van der Waals surface area contributed by atoms with Crippen molar-refractivity contribution < 1.29 is 19.4 Å². The van der Waals surface area contributed by atoms with E-state index in [9.17, 15) is 14.7 Å². The van der Waals surface area contributed by atoms with Crippen molar-refractivity contribution in [3.8, 4) is 0 Å². The second-order valence-electron chi connectivity index (χ2n) is 10.5. The van der Waals surface area contributed by atoms with Gasteiger partial charge in [0.25, 0.3) is 0 Å². The Morgan fingerprint density at radius 1 is 0.686 bits per heavy atom. The Bertz CT molecular complexity index is 497. The van der Waals surface area contributed by atoms with Crippen LogP contribution in [0.5, 0.6) is 0 Å². The van der Waals surface area contributed by atoms with E-state index in [0.717, 1.165) is 51.4 Å². The summed E-state index contributed by atoms with van der Waals surface area (Å²) < 4.78 is 5.81. The van der Waals surface area contributed by atoms with Gasteiger partial charge in [0.1, 0.15) is 12.1 Å². The fourth-order valence-corrected chi connectivity index (χ4v) is 4.70. The van der Waals surface area contributed by atoms with Gasteiger partial charge in [-0.2, -0.15) is 0 Å². The van der Waals surface area contributed by atoms with Crippen LogP contribution in [0.15, 0.2) is 0 Å². The third-order valence-corrected chi connectivity index (χ3v) is 7.12. The number of esters is 1. The number of carbonyl (C=O) groups is 2. The van der Waals surface area contributed by atoms with Gasteiger partial charge in [0.2, 0.25) is 0 Å². The van der Waals surface area contributed by atoms with Crippen molar-refractivity contribution in [1.29, 1.82) is 0 Å². The second kappa shape index (κ2) is 24.6. The summed E-state index contributed by atoms with van der Waals surface area (Å²) in [5.41, 5.74) is 0. The van der Waals surface area contributed by atoms with E-state index in [1.807, 2.05) is 0 Å². The molecule has 0 aromatic rings. The van der Waals surface area contributed by atoms with Crippen molar-refractivity contribution in [3.05, 3.63) is 0 Å². The minimum absolute atomic E-state index is 0.122. The molecule has 0 aliphatic heterocycles. The summed E-state index contributed by atoms with van der Waals surface area (Å²) in [6.07, 6.45) is 22.2. The fourth-order valence-electron chi connectivity index (χ4n) is 4.70. The van der Waals surface area contributed by atoms with Crippen LogP contribution < -0.4 is 10.4 Å². The first kappa shape index (κ1) is 33.9. The van der Waals surface area contributed by atoms with Crippen molar-refractivity contribution in [3.63, 3.8) is 0 Å². The van der Waals surface area contributed by atoms with E-state index in [-0.39, 0.29) is 12.5 Å². The lowest BCUT2D eigenvalue weighted by Gasteiger charge is -2.25. The van der Waals surface area contributed by atoms with Gasteiger partial charge in [0, 0.05) is 12.4 Å². The third-order valence-electron chi connectivity index (χ3n) is 7.12. The topological polar surface area (TPSA) is 78.5 Å². The molecular weight excluding hydrogens is 438 g/mol. The summed E-state index contributed by atoms with van der Waals surface area (Å²) in [6, 6.07) is -0.822. The fraction of sp³-hybridized carbons (Fsp3) is 0.933. The molecule has 0 radical (unpaired) electrons. The van der Waals surface area contributed by atoms with Crippen LogP contribution in [0.25, 0.3) is 0 Å². The zero-order chi connectivity index (χ0) is 26.2. The number of carboxylic acids is 1. The van der Waals surface area contributed by atoms with E-state index in [4.69, 9.17) is 4.74 Å². The number of nitrogens with one attached hydrogen (secondary N) is 1. The molecular formula is C30H58NO4-. The van der Waals surface area contributed by atoms with E-state index < -0.39 is 18.0 Å². The highest BCUT2D eigenvalue weighted by molar-refractivity contribution is 5.81. The highest BCUT2D eigenvalue weighted by Crippen LogP contribution is 2.17. The Morgan fingerprint density at radius 2 is 1.23 bits per heavy atom. The zero-order valence-electron chi connectivity index (χ0n) is 23.7. The molecule has 0 aromatic carbocycles. The van der Waals surface area contributed by atoms with Gasteiger partial charge < -0.3 is 20.0 Å². The minimum Gasteiger partial charge on any atom is -0.550 e. The first-order chi connectivity index (χ1) is 17.0. The van der Waals surface area contributed by atoms with E-state index in [1.165, 1.54) is 70.6 Å². The standard InChI is InChI=1S/C30H59NO4/c1-5-9-11-12-13-14-15-16-17-18-19-20-23-27(21-7-3)35-30(34)28(24-29(32)33)31-25-26(8-4)22-10-6-2/h26-28,31H,5-25H2,1-4H3,(H,32,33)/p-1. The predicted molar refractivity (Wildman–Crippen MR) is 145 cm³/mol. The molecule has 208 valence electrons. The van der Waals surface area contributed by atoms with Gasteiger partial charge in [-0.1, -0.05) is 124 Å². The van der Waals surface area contributed by atoms with Gasteiger partial charge in [-0.25, -0.2) is 0 Å². The molecule has 3 atom stereocenters. The molecule has 0 aliphatic rings. The van der Waals surface area contributed by atoms with E-state index in [0.29, 0.717) is 12.5 Å². The van der Waals surface area contributed by atoms with Crippen LogP contribution in [0.3, 0.4) is 0 Å². The van der Waals surface area contributed by atoms with Crippen molar-refractivity contribution in [1.82, 2.24) is 5.32 Å². The number of rotatable bonds is 26. The Hall–Kier alpha value is -1.10. The van der Waals surface area contributed by atoms with Crippen LogP contribution in [0.4, 0.5) is 0 Å². The predicted octanol–water partition coefficient (Wildman–Crippen LogP) is 7.10. The maximum Gasteiger partial charge on any atom is 0.323 e. The molecule has 0 saturated carbocycles. The Kier molecular flexibility index (Phi) is 23.8. The molecule has 0 spiro atoms. The number of unbranched alkanes of at least 4 members (excludes halogenated alkanes) is 12. The van der Waals surface area contributed by atoms with Crippen molar-refractivity contribution in [2.75, 3.05) is 6.54 Å². The molecule has 35 heavy (non-hydrogen) atoms. The lowest BCUT2D eigenvalue weighted by molar-refractivity contribution is -0.306. The van der Waals surface area contributed by atoms with Crippen LogP contribution in [0.1, 0.15) is 156 Å². The summed E-state index contributed by atoms with van der Waals surface area (Å²) in [4.78, 5) is 24.1. The summed E-state index contributed by atoms with van der Waals surface area (Å²) in [6.45, 7) is 9.30. The normalized spacial score (nSPS) is 13.9. The quantitative estimate of drug-likeness (QED) is 0.102. The SMILES string of the molecule is CCCCCCCCCCCCCCC(CCC)OC(=O)C(CC(=O)[O-])NCC(CC)CCCC. The first-order valence-electron chi connectivity index (χ1n) is 15.1. The van der Waals surface area contributed by atoms with Gasteiger partial charge in [-0.15, -0.1) is 0 Å². The summed E-state index contributed by atoms with van der Waals surface area (Å²) >= 11 is 0. The molecule has 0 aromatic heterocycles. The molecule has 0 rings (SSSR count). The molecule has 0 bridgehead atoms. The van der Waals surface area contributed by atoms with Gasteiger partial charge in [0.05, 0.1) is 0 Å². The molecule has 0 amide bonds. The van der Waals surface area contributed by atoms with Crippen LogP contribution >= 0.6 is 0 Å². The van der Waals surface area contributed by atoms with E-state index >= 15 is 0 Å². The van der Waals surface area contributed by atoms with Crippen LogP contribution in [0.2, 0.25) is 0 Å². The molecule has 5 nitrogen and oxygen atoms in total. The van der Waals surface area contributed by atoms with Crippen LogP contribution in [-0.4, -0.2) is 30.6 Å². The largest absolute Gasteiger partial charge is 0.550 e. The second-order valence-corrected chi connectivity index (χ2v) is 10.5. The van der Waals surface area contributed by atoms with Gasteiger partial charge in [-0.3, -0.25) is 4.79 Å². The van der Waals surface area contributed by atoms with Crippen LogP contribution in [-0.2, 0) is 14.3 Å². The van der Waals surface area contributed by atoms with E-state index in [1.54, 1.807) is 0 Å². The van der Waals surface area contributed by atoms with E-state index in [2.05, 4.69) is 33.0 Å². The first-order valence-corrected chi connectivity index (χ1v) is 15.1. The summed E-state index contributed by atoms with van der Waals surface area (Å²) in [5, 5.41) is 14.4. The highest BCUT2D eigenvalue weighted by atomic mass is 16.5. The third kappa shape index (κ3) is 20.8. The number of hydrogen-bond donors (Lipinski definition) is 1. The highest BCUT2D eigenvalue weighted by Gasteiger charge is 2.24. The molecule has 0 fully saturated rings. The monoisotopic (exact) mass is 496 g/mol. The van der Waals surface area contributed by atoms with Gasteiger partial charge in [-0.05, 0) is 38.1 Å². The number of aliphatic carboxylic acids is 1. The lowest BCUT2D eigenvalue weighted by Crippen LogP contribution is -2.45. The molecule has 0 saturated heterocycles. The molecule has 3 unspecified atom stereocenters. The summed E-state index contributed by atoms with van der Waals surface area (Å²) in [5.74, 6) is -1.20. The van der Waals surface area contributed by atoms with Crippen LogP contribution in [0, 0.1) is 5.92 Å². The van der Waals surface area contributed by atoms with Gasteiger partial charge >= 0.3 is 5.97 Å². The maximum absolute atomic E-state index is 12.8. The van der Waals surface area contributed by atoms with Gasteiger partial charge in [0.15, 0.2) is 0 Å². The number of hydrogen-bond acceptors (Lipinski definition) is 5. The number of carbonyl (C=O) groups excluding carboxylic acids is 2.